The van der Waals surface area contributed by atoms with Gasteiger partial charge in [-0.2, -0.15) is 0 Å². The van der Waals surface area contributed by atoms with Crippen molar-refractivity contribution in [2.75, 3.05) is 0 Å². The molecule has 14 heavy (non-hydrogen) atoms. The monoisotopic (exact) mass is 211 g/mol. The molecular formula is C8H9N3O2S. The lowest BCUT2D eigenvalue weighted by Crippen LogP contribution is -1.87. The molecule has 5 nitrogen and oxygen atoms in total. The van der Waals surface area contributed by atoms with Gasteiger partial charge in [-0.3, -0.25) is 0 Å². The maximum absolute atomic E-state index is 9.14. The summed E-state index contributed by atoms with van der Waals surface area (Å²) in [5.74, 6) is 0.581. The van der Waals surface area contributed by atoms with Gasteiger partial charge in [-0.1, -0.05) is 9.64 Å². The van der Waals surface area contributed by atoms with Gasteiger partial charge in [0.1, 0.15) is 4.88 Å². The number of hydrogen-bond donors (Lipinski definition) is 1. The Morgan fingerprint density at radius 3 is 2.71 bits per heavy atom. The quantitative estimate of drug-likeness (QED) is 0.810. The highest BCUT2D eigenvalue weighted by Gasteiger charge is 2.18. The second kappa shape index (κ2) is 3.47. The van der Waals surface area contributed by atoms with E-state index in [0.717, 1.165) is 10.6 Å². The molecule has 0 fully saturated rings. The molecule has 0 aliphatic rings. The zero-order chi connectivity index (χ0) is 10.1. The van der Waals surface area contributed by atoms with E-state index in [4.69, 9.17) is 9.63 Å². The minimum absolute atomic E-state index is 0.0813. The minimum atomic E-state index is -0.0813. The third-order valence-corrected chi connectivity index (χ3v) is 2.83. The van der Waals surface area contributed by atoms with E-state index >= 15 is 0 Å². The number of aryl methyl sites for hydroxylation is 2. The predicted octanol–water partition coefficient (Wildman–Crippen LogP) is 1.30. The van der Waals surface area contributed by atoms with Gasteiger partial charge in [0.05, 0.1) is 18.0 Å². The van der Waals surface area contributed by atoms with Crippen molar-refractivity contribution in [1.82, 2.24) is 14.7 Å². The lowest BCUT2D eigenvalue weighted by atomic mass is 10.2. The first-order valence-electron chi connectivity index (χ1n) is 4.09. The molecule has 74 valence electrons. The molecule has 0 saturated heterocycles. The Kier molecular flexibility index (Phi) is 2.30. The largest absolute Gasteiger partial charge is 0.391 e. The van der Waals surface area contributed by atoms with Crippen LogP contribution >= 0.6 is 11.5 Å². The summed E-state index contributed by atoms with van der Waals surface area (Å²) in [7, 11) is 0. The maximum atomic E-state index is 9.14. The number of nitrogens with zero attached hydrogens (tertiary/aromatic N) is 3. The number of aliphatic hydroxyl groups is 1. The summed E-state index contributed by atoms with van der Waals surface area (Å²) >= 11 is 1.24. The van der Waals surface area contributed by atoms with E-state index < -0.39 is 0 Å². The fourth-order valence-corrected chi connectivity index (χ4v) is 1.85. The first-order valence-corrected chi connectivity index (χ1v) is 4.86. The molecule has 0 saturated carbocycles. The van der Waals surface area contributed by atoms with Crippen LogP contribution in [0.5, 0.6) is 0 Å². The molecule has 0 aromatic carbocycles. The fourth-order valence-electron chi connectivity index (χ4n) is 1.19. The molecule has 0 unspecified atom stereocenters. The van der Waals surface area contributed by atoms with E-state index in [1.807, 2.05) is 6.92 Å². The molecule has 6 heteroatoms. The molecule has 0 radical (unpaired) electrons. The first kappa shape index (κ1) is 9.29. The summed E-state index contributed by atoms with van der Waals surface area (Å²) < 4.78 is 8.94. The van der Waals surface area contributed by atoms with Crippen LogP contribution in [0, 0.1) is 13.8 Å². The van der Waals surface area contributed by atoms with Gasteiger partial charge in [0.15, 0.2) is 5.76 Å². The molecule has 2 rings (SSSR count). The van der Waals surface area contributed by atoms with Crippen molar-refractivity contribution >= 4 is 11.5 Å². The summed E-state index contributed by atoms with van der Waals surface area (Å²) in [6.45, 7) is 3.56. The van der Waals surface area contributed by atoms with Crippen molar-refractivity contribution in [3.8, 4) is 10.6 Å². The van der Waals surface area contributed by atoms with Crippen LogP contribution in [0.1, 0.15) is 17.0 Å². The van der Waals surface area contributed by atoms with Crippen LogP contribution < -0.4 is 0 Å². The summed E-state index contributed by atoms with van der Waals surface area (Å²) in [6, 6.07) is 0. The van der Waals surface area contributed by atoms with Crippen molar-refractivity contribution in [3.63, 3.8) is 0 Å². The maximum Gasteiger partial charge on any atom is 0.186 e. The molecule has 2 aromatic rings. The van der Waals surface area contributed by atoms with Gasteiger partial charge in [0.2, 0.25) is 0 Å². The Hall–Kier alpha value is -1.27. The summed E-state index contributed by atoms with van der Waals surface area (Å²) in [4.78, 5) is 0.828. The average Bonchev–Trinajstić information content (AvgIpc) is 2.71. The van der Waals surface area contributed by atoms with Crippen molar-refractivity contribution in [2.45, 2.75) is 20.5 Å². The molecule has 2 aromatic heterocycles. The van der Waals surface area contributed by atoms with E-state index in [1.165, 1.54) is 11.5 Å². The Morgan fingerprint density at radius 1 is 1.36 bits per heavy atom. The van der Waals surface area contributed by atoms with Gasteiger partial charge in [0.25, 0.3) is 0 Å². The SMILES string of the molecule is Cc1nnsc1-c1onc(C)c1CO. The molecule has 0 amide bonds. The summed E-state index contributed by atoms with van der Waals surface area (Å²) in [5.41, 5.74) is 2.20. The minimum Gasteiger partial charge on any atom is -0.391 e. The van der Waals surface area contributed by atoms with E-state index in [9.17, 15) is 0 Å². The standard InChI is InChI=1S/C8H9N3O2S/c1-4-6(3-12)7(13-10-4)8-5(2)9-11-14-8/h12H,3H2,1-2H3. The van der Waals surface area contributed by atoms with Crippen LogP contribution in [0.15, 0.2) is 4.52 Å². The van der Waals surface area contributed by atoms with E-state index in [2.05, 4.69) is 14.7 Å². The van der Waals surface area contributed by atoms with Crippen molar-refractivity contribution < 1.29 is 9.63 Å². The normalized spacial score (nSPS) is 10.8. The van der Waals surface area contributed by atoms with Gasteiger partial charge in [-0.05, 0) is 25.4 Å². The van der Waals surface area contributed by atoms with Crippen LogP contribution in [0.3, 0.4) is 0 Å². The second-order valence-corrected chi connectivity index (χ2v) is 3.68. The molecule has 0 aliphatic heterocycles. The molecule has 1 N–H and O–H groups in total. The fraction of sp³-hybridized carbons (Fsp3) is 0.375. The van der Waals surface area contributed by atoms with Crippen LogP contribution in [0.2, 0.25) is 0 Å². The number of rotatable bonds is 2. The van der Waals surface area contributed by atoms with Crippen LogP contribution in [0.25, 0.3) is 10.6 Å². The molecule has 0 spiro atoms. The Balaban J connectivity index is 2.57. The first-order chi connectivity index (χ1) is 6.74. The lowest BCUT2D eigenvalue weighted by molar-refractivity contribution is 0.281. The number of aliphatic hydroxyl groups excluding tert-OH is 1. The highest BCUT2D eigenvalue weighted by atomic mass is 32.1. The summed E-state index contributed by atoms with van der Waals surface area (Å²) in [6.07, 6.45) is 0. The van der Waals surface area contributed by atoms with Gasteiger partial charge < -0.3 is 9.63 Å². The van der Waals surface area contributed by atoms with Crippen molar-refractivity contribution in [3.05, 3.63) is 17.0 Å². The van der Waals surface area contributed by atoms with Gasteiger partial charge in [0, 0.05) is 5.56 Å². The Morgan fingerprint density at radius 2 is 2.14 bits per heavy atom. The topological polar surface area (TPSA) is 72.0 Å². The predicted molar refractivity (Wildman–Crippen MR) is 50.8 cm³/mol. The van der Waals surface area contributed by atoms with Gasteiger partial charge >= 0.3 is 0 Å². The molecule has 0 atom stereocenters. The van der Waals surface area contributed by atoms with Crippen LogP contribution in [-0.4, -0.2) is 19.9 Å². The lowest BCUT2D eigenvalue weighted by Gasteiger charge is -1.94. The molecule has 0 bridgehead atoms. The van der Waals surface area contributed by atoms with Crippen molar-refractivity contribution in [1.29, 1.82) is 0 Å². The molecule has 2 heterocycles. The zero-order valence-electron chi connectivity index (χ0n) is 7.81. The Labute approximate surface area is 84.5 Å². The molecule has 0 aliphatic carbocycles. The molecular weight excluding hydrogens is 202 g/mol. The summed E-state index contributed by atoms with van der Waals surface area (Å²) in [5, 5.41) is 16.8. The van der Waals surface area contributed by atoms with E-state index in [-0.39, 0.29) is 6.61 Å². The number of aromatic nitrogens is 3. The smallest absolute Gasteiger partial charge is 0.186 e. The van der Waals surface area contributed by atoms with Crippen LogP contribution in [0.4, 0.5) is 0 Å². The van der Waals surface area contributed by atoms with E-state index in [1.54, 1.807) is 6.92 Å². The van der Waals surface area contributed by atoms with Gasteiger partial charge in [-0.15, -0.1) is 5.10 Å². The second-order valence-electron chi connectivity index (χ2n) is 2.92. The zero-order valence-corrected chi connectivity index (χ0v) is 8.63. The van der Waals surface area contributed by atoms with E-state index in [0.29, 0.717) is 17.0 Å². The number of hydrogen-bond acceptors (Lipinski definition) is 6. The Bertz CT molecular complexity index is 449. The highest BCUT2D eigenvalue weighted by molar-refractivity contribution is 7.09. The third-order valence-electron chi connectivity index (χ3n) is 2.00. The van der Waals surface area contributed by atoms with Gasteiger partial charge in [-0.25, -0.2) is 0 Å². The third kappa shape index (κ3) is 1.32. The average molecular weight is 211 g/mol. The highest BCUT2D eigenvalue weighted by Crippen LogP contribution is 2.30. The van der Waals surface area contributed by atoms with Crippen molar-refractivity contribution in [2.24, 2.45) is 0 Å². The van der Waals surface area contributed by atoms with Crippen LogP contribution in [-0.2, 0) is 6.61 Å².